The van der Waals surface area contributed by atoms with Crippen LogP contribution in [0.1, 0.15) is 40.0 Å². The van der Waals surface area contributed by atoms with Crippen molar-refractivity contribution in [3.8, 4) is 0 Å². The lowest BCUT2D eigenvalue weighted by atomic mass is 9.79. The van der Waals surface area contributed by atoms with Crippen LogP contribution >= 0.6 is 24.0 Å². The quantitative estimate of drug-likeness (QED) is 0.351. The Labute approximate surface area is 180 Å². The lowest BCUT2D eigenvalue weighted by Crippen LogP contribution is -2.54. The van der Waals surface area contributed by atoms with Crippen LogP contribution in [0.25, 0.3) is 0 Å². The number of carbonyl (C=O) groups excluding carboxylic acids is 1. The first kappa shape index (κ1) is 22.7. The van der Waals surface area contributed by atoms with Crippen LogP contribution in [0.5, 0.6) is 0 Å². The van der Waals surface area contributed by atoms with E-state index in [0.717, 1.165) is 77.8 Å². The van der Waals surface area contributed by atoms with Crippen LogP contribution in [0.2, 0.25) is 0 Å². The van der Waals surface area contributed by atoms with Gasteiger partial charge in [0.05, 0.1) is 19.8 Å². The molecule has 0 aromatic rings. The number of amides is 1. The lowest BCUT2D eigenvalue weighted by molar-refractivity contribution is -0.119. The normalized spacial score (nSPS) is 28.8. The number of likely N-dealkylation sites (tertiary alicyclic amines) is 1. The van der Waals surface area contributed by atoms with Crippen LogP contribution in [-0.4, -0.2) is 86.2 Å². The lowest BCUT2D eigenvalue weighted by Gasteiger charge is -2.42. The Hall–Kier alpha value is -0.610. The highest BCUT2D eigenvalue weighted by atomic mass is 127. The number of nitrogens with one attached hydrogen (secondary N) is 2. The summed E-state index contributed by atoms with van der Waals surface area (Å²) in [7, 11) is 0. The number of carbonyl (C=O) groups is 1. The zero-order valence-corrected chi connectivity index (χ0v) is 19.4. The molecule has 7 nitrogen and oxygen atoms in total. The molecular weight excluding hydrogens is 457 g/mol. The van der Waals surface area contributed by atoms with Crippen molar-refractivity contribution >= 4 is 35.8 Å². The maximum absolute atomic E-state index is 11.7. The fourth-order valence-electron chi connectivity index (χ4n) is 4.44. The number of hydrogen-bond donors (Lipinski definition) is 2. The summed E-state index contributed by atoms with van der Waals surface area (Å²) in [5.74, 6) is 1.19. The zero-order valence-electron chi connectivity index (χ0n) is 17.1. The van der Waals surface area contributed by atoms with Gasteiger partial charge in [-0.25, -0.2) is 0 Å². The Bertz CT molecular complexity index is 542. The first-order valence-corrected chi connectivity index (χ1v) is 10.1. The third-order valence-corrected chi connectivity index (χ3v) is 5.94. The summed E-state index contributed by atoms with van der Waals surface area (Å²) < 4.78 is 5.61. The SMILES string of the molecule is CCNC(=NCCN1CCOCC1(C)C)N1CCCC2(CNC(=O)C2)C1.I. The Kier molecular flexibility index (Phi) is 8.18. The molecule has 27 heavy (non-hydrogen) atoms. The van der Waals surface area contributed by atoms with E-state index in [1.165, 1.54) is 0 Å². The first-order valence-electron chi connectivity index (χ1n) is 10.1. The number of aliphatic imine (C=N–C) groups is 1. The average Bonchev–Trinajstić information content (AvgIpc) is 2.95. The van der Waals surface area contributed by atoms with Gasteiger partial charge in [0.25, 0.3) is 0 Å². The number of piperidine rings is 1. The van der Waals surface area contributed by atoms with E-state index in [0.29, 0.717) is 6.42 Å². The van der Waals surface area contributed by atoms with Crippen LogP contribution in [0.3, 0.4) is 0 Å². The maximum Gasteiger partial charge on any atom is 0.220 e. The summed E-state index contributed by atoms with van der Waals surface area (Å²) in [6.45, 7) is 14.5. The summed E-state index contributed by atoms with van der Waals surface area (Å²) in [6, 6.07) is 0. The second-order valence-corrected chi connectivity index (χ2v) is 8.57. The topological polar surface area (TPSA) is 69.2 Å². The molecule has 0 radical (unpaired) electrons. The summed E-state index contributed by atoms with van der Waals surface area (Å²) in [5.41, 5.74) is 0.175. The molecule has 156 valence electrons. The highest BCUT2D eigenvalue weighted by Crippen LogP contribution is 2.36. The van der Waals surface area contributed by atoms with Crippen molar-refractivity contribution in [3.63, 3.8) is 0 Å². The summed E-state index contributed by atoms with van der Waals surface area (Å²) in [5, 5.41) is 6.48. The molecule has 3 aliphatic rings. The van der Waals surface area contributed by atoms with E-state index in [4.69, 9.17) is 9.73 Å². The van der Waals surface area contributed by atoms with Crippen molar-refractivity contribution in [1.29, 1.82) is 0 Å². The van der Waals surface area contributed by atoms with Gasteiger partial charge >= 0.3 is 0 Å². The van der Waals surface area contributed by atoms with Gasteiger partial charge in [-0.3, -0.25) is 14.7 Å². The fourth-order valence-corrected chi connectivity index (χ4v) is 4.44. The smallest absolute Gasteiger partial charge is 0.220 e. The van der Waals surface area contributed by atoms with Gasteiger partial charge in [0.15, 0.2) is 5.96 Å². The number of morpholine rings is 1. The first-order chi connectivity index (χ1) is 12.4. The molecule has 0 saturated carbocycles. The molecule has 0 aromatic carbocycles. The molecule has 1 spiro atoms. The summed E-state index contributed by atoms with van der Waals surface area (Å²) in [4.78, 5) is 21.5. The molecule has 3 saturated heterocycles. The van der Waals surface area contributed by atoms with Crippen molar-refractivity contribution in [1.82, 2.24) is 20.4 Å². The van der Waals surface area contributed by atoms with E-state index in [-0.39, 0.29) is 40.8 Å². The predicted molar refractivity (Wildman–Crippen MR) is 119 cm³/mol. The van der Waals surface area contributed by atoms with Crippen LogP contribution in [0, 0.1) is 5.41 Å². The monoisotopic (exact) mass is 493 g/mol. The van der Waals surface area contributed by atoms with Crippen LogP contribution in [-0.2, 0) is 9.53 Å². The van der Waals surface area contributed by atoms with Gasteiger partial charge in [-0.1, -0.05) is 0 Å². The Morgan fingerprint density at radius 1 is 1.37 bits per heavy atom. The summed E-state index contributed by atoms with van der Waals surface area (Å²) in [6.07, 6.45) is 2.91. The van der Waals surface area contributed by atoms with Gasteiger partial charge in [0.2, 0.25) is 5.91 Å². The van der Waals surface area contributed by atoms with Crippen LogP contribution < -0.4 is 10.6 Å². The highest BCUT2D eigenvalue weighted by molar-refractivity contribution is 14.0. The van der Waals surface area contributed by atoms with E-state index < -0.39 is 0 Å². The average molecular weight is 493 g/mol. The Balaban J connectivity index is 0.00000261. The number of nitrogens with zero attached hydrogens (tertiary/aromatic N) is 3. The molecular formula is C19H36IN5O2. The van der Waals surface area contributed by atoms with Crippen molar-refractivity contribution < 1.29 is 9.53 Å². The summed E-state index contributed by atoms with van der Waals surface area (Å²) >= 11 is 0. The minimum absolute atomic E-state index is 0. The van der Waals surface area contributed by atoms with E-state index in [1.54, 1.807) is 0 Å². The second-order valence-electron chi connectivity index (χ2n) is 8.57. The maximum atomic E-state index is 11.7. The molecule has 1 atom stereocenters. The van der Waals surface area contributed by atoms with E-state index in [1.807, 2.05) is 0 Å². The minimum atomic E-state index is 0. The minimum Gasteiger partial charge on any atom is -0.378 e. The van der Waals surface area contributed by atoms with Crippen molar-refractivity contribution in [2.75, 3.05) is 59.0 Å². The number of hydrogen-bond acceptors (Lipinski definition) is 4. The van der Waals surface area contributed by atoms with E-state index in [9.17, 15) is 4.79 Å². The third-order valence-electron chi connectivity index (χ3n) is 5.94. The predicted octanol–water partition coefficient (Wildman–Crippen LogP) is 1.28. The molecule has 8 heteroatoms. The largest absolute Gasteiger partial charge is 0.378 e. The number of halogens is 1. The van der Waals surface area contributed by atoms with Gasteiger partial charge in [-0.05, 0) is 33.6 Å². The van der Waals surface area contributed by atoms with Crippen molar-refractivity contribution in [2.45, 2.75) is 45.6 Å². The van der Waals surface area contributed by atoms with E-state index in [2.05, 4.69) is 41.2 Å². The molecule has 3 heterocycles. The number of guanidine groups is 1. The molecule has 3 aliphatic heterocycles. The second kappa shape index (κ2) is 9.73. The molecule has 1 unspecified atom stereocenters. The van der Waals surface area contributed by atoms with E-state index >= 15 is 0 Å². The number of ether oxygens (including phenoxy) is 1. The third kappa shape index (κ3) is 5.69. The van der Waals surface area contributed by atoms with Gasteiger partial charge < -0.3 is 20.3 Å². The van der Waals surface area contributed by atoms with Crippen LogP contribution in [0.15, 0.2) is 4.99 Å². The standard InChI is InChI=1S/C19H35N5O2.HI/c1-4-20-17(21-7-9-24-10-11-26-15-18(24,2)3)23-8-5-6-19(14-23)12-16(25)22-13-19;/h4-15H2,1-3H3,(H,20,21)(H,22,25);1H. The zero-order chi connectivity index (χ0) is 18.6. The van der Waals surface area contributed by atoms with Gasteiger partial charge in [-0.15, -0.1) is 24.0 Å². The van der Waals surface area contributed by atoms with Crippen molar-refractivity contribution in [2.24, 2.45) is 10.4 Å². The van der Waals surface area contributed by atoms with Gasteiger partial charge in [0.1, 0.15) is 0 Å². The number of rotatable bonds is 4. The molecule has 3 fully saturated rings. The van der Waals surface area contributed by atoms with Crippen molar-refractivity contribution in [3.05, 3.63) is 0 Å². The molecule has 0 aliphatic carbocycles. The molecule has 0 aromatic heterocycles. The van der Waals surface area contributed by atoms with Crippen LogP contribution in [0.4, 0.5) is 0 Å². The Morgan fingerprint density at radius 2 is 2.19 bits per heavy atom. The highest BCUT2D eigenvalue weighted by Gasteiger charge is 2.42. The fraction of sp³-hybridized carbons (Fsp3) is 0.895. The molecule has 3 rings (SSSR count). The van der Waals surface area contributed by atoms with Gasteiger partial charge in [-0.2, -0.15) is 0 Å². The Morgan fingerprint density at radius 3 is 2.85 bits per heavy atom. The molecule has 0 bridgehead atoms. The molecule has 1 amide bonds. The molecule has 2 N–H and O–H groups in total. The van der Waals surface area contributed by atoms with Gasteiger partial charge in [0, 0.05) is 56.6 Å².